The highest BCUT2D eigenvalue weighted by Crippen LogP contribution is 2.26. The van der Waals surface area contributed by atoms with E-state index in [-0.39, 0.29) is 12.3 Å². The Labute approximate surface area is 127 Å². The first kappa shape index (κ1) is 13.9. The van der Waals surface area contributed by atoms with Crippen molar-refractivity contribution < 1.29 is 9.90 Å². The molecular weight excluding hydrogens is 278 g/mol. The lowest BCUT2D eigenvalue weighted by molar-refractivity contribution is -0.118. The summed E-state index contributed by atoms with van der Waals surface area (Å²) in [6.07, 6.45) is 3.51. The minimum Gasteiger partial charge on any atom is -0.506 e. The fraction of sp³-hybridized carbons (Fsp3) is 0.0588. The number of hydrogen-bond acceptors (Lipinski definition) is 3. The molecule has 22 heavy (non-hydrogen) atoms. The van der Waals surface area contributed by atoms with Crippen LogP contribution in [0.3, 0.4) is 0 Å². The molecule has 0 aliphatic carbocycles. The molecule has 3 rings (SSSR count). The molecule has 0 atom stereocenters. The van der Waals surface area contributed by atoms with Crippen LogP contribution in [0.25, 0.3) is 10.9 Å². The van der Waals surface area contributed by atoms with Crippen molar-refractivity contribution >= 4 is 28.7 Å². The molecule has 0 saturated carbocycles. The molecule has 0 bridgehead atoms. The Kier molecular flexibility index (Phi) is 3.62. The van der Waals surface area contributed by atoms with Crippen molar-refractivity contribution in [3.05, 3.63) is 60.3 Å². The molecule has 5 heteroatoms. The first-order valence-electron chi connectivity index (χ1n) is 6.83. The minimum absolute atomic E-state index is 0.116. The summed E-state index contributed by atoms with van der Waals surface area (Å²) in [4.78, 5) is 15.5. The molecule has 1 amide bonds. The molecule has 2 aromatic carbocycles. The second-order valence-electron chi connectivity index (χ2n) is 4.94. The second-order valence-corrected chi connectivity index (χ2v) is 4.94. The summed E-state index contributed by atoms with van der Waals surface area (Å²) in [5, 5.41) is 10.7. The molecule has 0 fully saturated rings. The zero-order chi connectivity index (χ0) is 15.5. The Morgan fingerprint density at radius 1 is 1.18 bits per heavy atom. The quantitative estimate of drug-likeness (QED) is 0.725. The van der Waals surface area contributed by atoms with E-state index in [0.717, 1.165) is 16.5 Å². The van der Waals surface area contributed by atoms with Crippen LogP contribution in [-0.2, 0) is 11.3 Å². The van der Waals surface area contributed by atoms with Gasteiger partial charge in [-0.05, 0) is 18.2 Å². The van der Waals surface area contributed by atoms with Gasteiger partial charge in [0, 0.05) is 28.9 Å². The number of fused-ring (bicyclic) bond motifs is 1. The Hall–Kier alpha value is -3.08. The van der Waals surface area contributed by atoms with Crippen LogP contribution < -0.4 is 5.73 Å². The maximum absolute atomic E-state index is 11.2. The van der Waals surface area contributed by atoms with Gasteiger partial charge in [0.25, 0.3) is 0 Å². The lowest BCUT2D eigenvalue weighted by atomic mass is 10.2. The summed E-state index contributed by atoms with van der Waals surface area (Å²) in [7, 11) is 0. The third-order valence-corrected chi connectivity index (χ3v) is 3.37. The lowest BCUT2D eigenvalue weighted by Crippen LogP contribution is -2.17. The molecule has 0 radical (unpaired) electrons. The average molecular weight is 293 g/mol. The van der Waals surface area contributed by atoms with E-state index in [1.54, 1.807) is 29.0 Å². The molecule has 0 unspecified atom stereocenters. The van der Waals surface area contributed by atoms with Gasteiger partial charge in [0.1, 0.15) is 18.0 Å². The summed E-state index contributed by atoms with van der Waals surface area (Å²) < 4.78 is 1.80. The molecule has 3 N–H and O–H groups in total. The summed E-state index contributed by atoms with van der Waals surface area (Å²) in [5.74, 6) is -0.274. The number of carbonyl (C=O) groups excluding carboxylic acids is 1. The van der Waals surface area contributed by atoms with Crippen molar-refractivity contribution in [1.82, 2.24) is 4.57 Å². The summed E-state index contributed by atoms with van der Waals surface area (Å²) in [6, 6.07) is 14.6. The normalized spacial score (nSPS) is 11.3. The number of benzene rings is 2. The van der Waals surface area contributed by atoms with Crippen LogP contribution in [0.5, 0.6) is 5.75 Å². The van der Waals surface area contributed by atoms with Gasteiger partial charge in [-0.1, -0.05) is 30.3 Å². The highest BCUT2D eigenvalue weighted by molar-refractivity contribution is 6.00. The van der Waals surface area contributed by atoms with Crippen molar-refractivity contribution in [2.45, 2.75) is 6.54 Å². The van der Waals surface area contributed by atoms with Crippen LogP contribution in [-0.4, -0.2) is 21.8 Å². The highest BCUT2D eigenvalue weighted by atomic mass is 16.3. The minimum atomic E-state index is -0.398. The van der Waals surface area contributed by atoms with E-state index < -0.39 is 5.91 Å². The molecule has 3 aromatic rings. The predicted molar refractivity (Wildman–Crippen MR) is 86.5 cm³/mol. The fourth-order valence-electron chi connectivity index (χ4n) is 2.39. The van der Waals surface area contributed by atoms with Gasteiger partial charge >= 0.3 is 0 Å². The number of primary amides is 1. The van der Waals surface area contributed by atoms with E-state index >= 15 is 0 Å². The van der Waals surface area contributed by atoms with Crippen LogP contribution in [0.4, 0.5) is 5.69 Å². The van der Waals surface area contributed by atoms with Gasteiger partial charge in [0.05, 0.1) is 0 Å². The third kappa shape index (κ3) is 2.69. The zero-order valence-corrected chi connectivity index (χ0v) is 11.8. The van der Waals surface area contributed by atoms with Gasteiger partial charge in [-0.15, -0.1) is 0 Å². The number of nitrogens with two attached hydrogens (primary N) is 1. The molecule has 0 saturated heterocycles. The van der Waals surface area contributed by atoms with E-state index in [9.17, 15) is 9.90 Å². The molecule has 1 heterocycles. The average Bonchev–Trinajstić information content (AvgIpc) is 2.84. The Balaban J connectivity index is 2.04. The number of aromatic hydroxyl groups is 1. The first-order valence-corrected chi connectivity index (χ1v) is 6.83. The summed E-state index contributed by atoms with van der Waals surface area (Å²) in [6.45, 7) is 0.116. The van der Waals surface area contributed by atoms with Crippen molar-refractivity contribution in [2.75, 3.05) is 0 Å². The SMILES string of the molecule is NC(=O)Cn1cc(C=Nc2ccccc2O)c2ccccc21. The van der Waals surface area contributed by atoms with Crippen LogP contribution >= 0.6 is 0 Å². The standard InChI is InChI=1S/C17H15N3O2/c18-17(22)11-20-10-12(13-5-1-3-7-15(13)20)9-19-14-6-2-4-8-16(14)21/h1-10,21H,11H2,(H2,18,22). The van der Waals surface area contributed by atoms with Gasteiger partial charge in [-0.25, -0.2) is 0 Å². The Bertz CT molecular complexity index is 865. The molecule has 0 aliphatic rings. The number of phenolic OH excluding ortho intramolecular Hbond substituents is 1. The van der Waals surface area contributed by atoms with Gasteiger partial charge in [-0.3, -0.25) is 9.79 Å². The van der Waals surface area contributed by atoms with Crippen LogP contribution in [0, 0.1) is 0 Å². The lowest BCUT2D eigenvalue weighted by Gasteiger charge is -2.00. The first-order chi connectivity index (χ1) is 10.6. The number of phenols is 1. The van der Waals surface area contributed by atoms with Crippen molar-refractivity contribution in [3.63, 3.8) is 0 Å². The highest BCUT2D eigenvalue weighted by Gasteiger charge is 2.08. The molecular formula is C17H15N3O2. The van der Waals surface area contributed by atoms with Crippen LogP contribution in [0.2, 0.25) is 0 Å². The number of aliphatic imine (C=N–C) groups is 1. The number of carbonyl (C=O) groups is 1. The second kappa shape index (κ2) is 5.73. The molecule has 0 spiro atoms. The Morgan fingerprint density at radius 3 is 2.68 bits per heavy atom. The molecule has 110 valence electrons. The number of rotatable bonds is 4. The zero-order valence-electron chi connectivity index (χ0n) is 11.8. The van der Waals surface area contributed by atoms with Crippen LogP contribution in [0.15, 0.2) is 59.7 Å². The van der Waals surface area contributed by atoms with Gasteiger partial charge in [-0.2, -0.15) is 0 Å². The maximum atomic E-state index is 11.2. The fourth-order valence-corrected chi connectivity index (χ4v) is 2.39. The van der Waals surface area contributed by atoms with E-state index in [2.05, 4.69) is 4.99 Å². The molecule has 1 aromatic heterocycles. The molecule has 0 aliphatic heterocycles. The van der Waals surface area contributed by atoms with E-state index in [4.69, 9.17) is 5.73 Å². The van der Waals surface area contributed by atoms with E-state index in [1.165, 1.54) is 0 Å². The smallest absolute Gasteiger partial charge is 0.237 e. The predicted octanol–water partition coefficient (Wildman–Crippen LogP) is 2.58. The number of hydrogen-bond donors (Lipinski definition) is 2. The van der Waals surface area contributed by atoms with Gasteiger partial charge < -0.3 is 15.4 Å². The number of amides is 1. The monoisotopic (exact) mass is 293 g/mol. The third-order valence-electron chi connectivity index (χ3n) is 3.37. The molecule has 5 nitrogen and oxygen atoms in total. The van der Waals surface area contributed by atoms with E-state index in [1.807, 2.05) is 36.5 Å². The largest absolute Gasteiger partial charge is 0.506 e. The van der Waals surface area contributed by atoms with Crippen molar-refractivity contribution in [1.29, 1.82) is 0 Å². The summed E-state index contributed by atoms with van der Waals surface area (Å²) >= 11 is 0. The van der Waals surface area contributed by atoms with E-state index in [0.29, 0.717) is 5.69 Å². The maximum Gasteiger partial charge on any atom is 0.237 e. The number of aromatic nitrogens is 1. The van der Waals surface area contributed by atoms with Gasteiger partial charge in [0.15, 0.2) is 0 Å². The Morgan fingerprint density at radius 2 is 1.91 bits per heavy atom. The van der Waals surface area contributed by atoms with Crippen molar-refractivity contribution in [2.24, 2.45) is 10.7 Å². The number of para-hydroxylation sites is 3. The topological polar surface area (TPSA) is 80.6 Å². The number of nitrogens with zero attached hydrogens (tertiary/aromatic N) is 2. The van der Waals surface area contributed by atoms with Crippen molar-refractivity contribution in [3.8, 4) is 5.75 Å². The summed E-state index contributed by atoms with van der Waals surface area (Å²) in [5.41, 5.74) is 7.56. The van der Waals surface area contributed by atoms with Gasteiger partial charge in [0.2, 0.25) is 5.91 Å². The van der Waals surface area contributed by atoms with Crippen LogP contribution in [0.1, 0.15) is 5.56 Å².